The molecule has 4 aliphatic rings. The Morgan fingerprint density at radius 3 is 1.73 bits per heavy atom. The molecule has 0 radical (unpaired) electrons. The quantitative estimate of drug-likeness (QED) is 0.327. The van der Waals surface area contributed by atoms with Crippen molar-refractivity contribution in [1.29, 1.82) is 0 Å². The third-order valence-corrected chi connectivity index (χ3v) is 8.48. The van der Waals surface area contributed by atoms with Crippen molar-refractivity contribution in [2.24, 2.45) is 17.8 Å². The lowest BCUT2D eigenvalue weighted by atomic mass is 9.55. The summed E-state index contributed by atoms with van der Waals surface area (Å²) in [5.74, 6) is -3.02. The van der Waals surface area contributed by atoms with Crippen molar-refractivity contribution in [2.75, 3.05) is 19.0 Å². The van der Waals surface area contributed by atoms with Gasteiger partial charge in [0.1, 0.15) is 11.8 Å². The van der Waals surface area contributed by atoms with E-state index in [4.69, 9.17) is 9.47 Å². The van der Waals surface area contributed by atoms with E-state index in [-0.39, 0.29) is 36.0 Å². The summed E-state index contributed by atoms with van der Waals surface area (Å²) in [4.78, 5) is 55.4. The van der Waals surface area contributed by atoms with Crippen molar-refractivity contribution in [2.45, 2.75) is 38.1 Å². The number of esters is 1. The molecule has 8 nitrogen and oxygen atoms in total. The van der Waals surface area contributed by atoms with E-state index in [0.29, 0.717) is 11.4 Å². The van der Waals surface area contributed by atoms with Gasteiger partial charge in [-0.3, -0.25) is 19.3 Å². The first-order valence-corrected chi connectivity index (χ1v) is 13.9. The van der Waals surface area contributed by atoms with Crippen molar-refractivity contribution < 1.29 is 28.7 Å². The molecule has 8 heteroatoms. The fraction of sp³-hybridized carbons (Fsp3) is 0.333. The van der Waals surface area contributed by atoms with Gasteiger partial charge in [0.15, 0.2) is 6.61 Å². The van der Waals surface area contributed by atoms with E-state index < -0.39 is 36.4 Å². The zero-order valence-corrected chi connectivity index (χ0v) is 23.2. The average molecular weight is 553 g/mol. The van der Waals surface area contributed by atoms with Gasteiger partial charge in [0.25, 0.3) is 5.91 Å². The molecule has 1 saturated heterocycles. The summed E-state index contributed by atoms with van der Waals surface area (Å²) in [6.07, 6.45) is 0.241. The van der Waals surface area contributed by atoms with Gasteiger partial charge in [0.2, 0.25) is 11.8 Å². The summed E-state index contributed by atoms with van der Waals surface area (Å²) >= 11 is 0. The predicted molar refractivity (Wildman–Crippen MR) is 151 cm³/mol. The lowest BCUT2D eigenvalue weighted by molar-refractivity contribution is -0.160. The molecule has 7 rings (SSSR count). The number of carbonyl (C=O) groups excluding carboxylic acids is 4. The Labute approximate surface area is 238 Å². The summed E-state index contributed by atoms with van der Waals surface area (Å²) < 4.78 is 10.5. The Hall–Kier alpha value is -4.46. The standard InChI is InChI=1S/C33H32N2O6/c1-18(2)16-25(33(39)41-17-26(36)34-19-12-14-20(40-3)15-13-19)35-31(37)29-27-21-8-4-5-9-22(21)28(30(29)32(35)38)24-11-7-6-10-23(24)27/h4-15,18,25,27-30H,16-17H2,1-3H3,(H,34,36)/t25-,27?,28?,29-,30+/m1/s1. The van der Waals surface area contributed by atoms with E-state index >= 15 is 0 Å². The molecule has 0 unspecified atom stereocenters. The second kappa shape index (κ2) is 10.5. The SMILES string of the molecule is COc1ccc(NC(=O)COC(=O)[C@@H](CC(C)C)N2C(=O)[C@@H]3C4c5ccccc5C(c5ccccc54)[C@@H]3C2=O)cc1. The maximum absolute atomic E-state index is 14.1. The molecule has 0 aromatic heterocycles. The largest absolute Gasteiger partial charge is 0.497 e. The van der Waals surface area contributed by atoms with Crippen LogP contribution in [0.4, 0.5) is 5.69 Å². The van der Waals surface area contributed by atoms with Gasteiger partial charge in [-0.2, -0.15) is 0 Å². The second-order valence-corrected chi connectivity index (χ2v) is 11.3. The number of hydrogen-bond donors (Lipinski definition) is 1. The lowest BCUT2D eigenvalue weighted by Crippen LogP contribution is -2.47. The van der Waals surface area contributed by atoms with Crippen LogP contribution in [0.1, 0.15) is 54.4 Å². The van der Waals surface area contributed by atoms with Gasteiger partial charge in [0, 0.05) is 17.5 Å². The van der Waals surface area contributed by atoms with Crippen molar-refractivity contribution >= 4 is 29.4 Å². The molecule has 210 valence electrons. The number of ether oxygens (including phenoxy) is 2. The molecule has 0 saturated carbocycles. The fourth-order valence-corrected chi connectivity index (χ4v) is 6.87. The van der Waals surface area contributed by atoms with E-state index in [0.717, 1.165) is 27.2 Å². The topological polar surface area (TPSA) is 102 Å². The molecule has 1 fully saturated rings. The number of benzene rings is 3. The van der Waals surface area contributed by atoms with Gasteiger partial charge in [-0.15, -0.1) is 0 Å². The van der Waals surface area contributed by atoms with Crippen LogP contribution < -0.4 is 10.1 Å². The van der Waals surface area contributed by atoms with Gasteiger partial charge in [-0.25, -0.2) is 4.79 Å². The maximum atomic E-state index is 14.1. The molecule has 0 spiro atoms. The van der Waals surface area contributed by atoms with Gasteiger partial charge < -0.3 is 14.8 Å². The maximum Gasteiger partial charge on any atom is 0.329 e. The van der Waals surface area contributed by atoms with E-state index in [9.17, 15) is 19.2 Å². The molecule has 3 aliphatic carbocycles. The number of carbonyl (C=O) groups is 4. The molecule has 1 aliphatic heterocycles. The Kier molecular flexibility index (Phi) is 6.85. The van der Waals surface area contributed by atoms with Crippen molar-refractivity contribution in [3.63, 3.8) is 0 Å². The van der Waals surface area contributed by atoms with E-state index in [1.165, 1.54) is 0 Å². The monoisotopic (exact) mass is 552 g/mol. The molecule has 1 heterocycles. The first-order valence-electron chi connectivity index (χ1n) is 13.9. The van der Waals surface area contributed by atoms with Gasteiger partial charge in [0.05, 0.1) is 18.9 Å². The van der Waals surface area contributed by atoms with E-state index in [1.807, 2.05) is 62.4 Å². The number of likely N-dealkylation sites (tertiary alicyclic amines) is 1. The number of nitrogens with zero attached hydrogens (tertiary/aromatic N) is 1. The first kappa shape index (κ1) is 26.7. The third kappa shape index (κ3) is 4.47. The van der Waals surface area contributed by atoms with E-state index in [1.54, 1.807) is 31.4 Å². The molecule has 1 N–H and O–H groups in total. The number of methoxy groups -OCH3 is 1. The van der Waals surface area contributed by atoms with Crippen LogP contribution in [0.15, 0.2) is 72.8 Å². The number of amides is 3. The van der Waals surface area contributed by atoms with Gasteiger partial charge >= 0.3 is 5.97 Å². The Bertz CT molecular complexity index is 1420. The minimum atomic E-state index is -1.11. The summed E-state index contributed by atoms with van der Waals surface area (Å²) in [7, 11) is 1.55. The summed E-state index contributed by atoms with van der Waals surface area (Å²) in [6, 6.07) is 21.7. The minimum absolute atomic E-state index is 0.00461. The molecule has 3 aromatic carbocycles. The summed E-state index contributed by atoms with van der Waals surface area (Å²) in [5.41, 5.74) is 4.80. The second-order valence-electron chi connectivity index (χ2n) is 11.3. The van der Waals surface area contributed by atoms with Crippen LogP contribution in [-0.4, -0.2) is 48.3 Å². The number of nitrogens with one attached hydrogen (secondary N) is 1. The molecule has 41 heavy (non-hydrogen) atoms. The summed E-state index contributed by atoms with van der Waals surface area (Å²) in [6.45, 7) is 3.30. The zero-order chi connectivity index (χ0) is 28.8. The highest BCUT2D eigenvalue weighted by Gasteiger charge is 2.63. The smallest absolute Gasteiger partial charge is 0.329 e. The highest BCUT2D eigenvalue weighted by atomic mass is 16.5. The predicted octanol–water partition coefficient (Wildman–Crippen LogP) is 4.48. The fourth-order valence-electron chi connectivity index (χ4n) is 6.87. The molecule has 3 aromatic rings. The molecule has 2 bridgehead atoms. The van der Waals surface area contributed by atoms with E-state index in [2.05, 4.69) is 5.32 Å². The van der Waals surface area contributed by atoms with Crippen LogP contribution in [0.25, 0.3) is 0 Å². The number of imide groups is 1. The number of anilines is 1. The normalized spacial score (nSPS) is 22.6. The van der Waals surface area contributed by atoms with Gasteiger partial charge in [-0.05, 0) is 58.9 Å². The van der Waals surface area contributed by atoms with Crippen LogP contribution in [0.2, 0.25) is 0 Å². The Morgan fingerprint density at radius 2 is 1.29 bits per heavy atom. The van der Waals surface area contributed by atoms with Gasteiger partial charge in [-0.1, -0.05) is 62.4 Å². The van der Waals surface area contributed by atoms with Crippen LogP contribution >= 0.6 is 0 Å². The minimum Gasteiger partial charge on any atom is -0.497 e. The van der Waals surface area contributed by atoms with Crippen molar-refractivity contribution in [1.82, 2.24) is 4.90 Å². The molecular weight excluding hydrogens is 520 g/mol. The van der Waals surface area contributed by atoms with Crippen molar-refractivity contribution in [3.05, 3.63) is 95.1 Å². The Morgan fingerprint density at radius 1 is 0.805 bits per heavy atom. The first-order chi connectivity index (χ1) is 19.8. The third-order valence-electron chi connectivity index (χ3n) is 8.48. The number of hydrogen-bond acceptors (Lipinski definition) is 6. The highest BCUT2D eigenvalue weighted by Crippen LogP contribution is 2.61. The molecular formula is C33H32N2O6. The molecule has 3 amide bonds. The van der Waals surface area contributed by atoms with Crippen LogP contribution in [0, 0.1) is 17.8 Å². The van der Waals surface area contributed by atoms with Crippen molar-refractivity contribution in [3.8, 4) is 5.75 Å². The highest BCUT2D eigenvalue weighted by molar-refractivity contribution is 6.10. The van der Waals surface area contributed by atoms with Crippen LogP contribution in [-0.2, 0) is 23.9 Å². The van der Waals surface area contributed by atoms with Crippen LogP contribution in [0.5, 0.6) is 5.75 Å². The average Bonchev–Trinajstić information content (AvgIpc) is 3.24. The Balaban J connectivity index is 1.25. The molecule has 3 atom stereocenters. The van der Waals surface area contributed by atoms with Crippen LogP contribution in [0.3, 0.4) is 0 Å². The zero-order valence-electron chi connectivity index (χ0n) is 23.2. The summed E-state index contributed by atoms with van der Waals surface area (Å²) in [5, 5.41) is 2.68. The number of rotatable bonds is 8. The lowest BCUT2D eigenvalue weighted by Gasteiger charge is -2.45.